The number of hydrogen-bond donors (Lipinski definition) is 1. The molecule has 0 heterocycles. The summed E-state index contributed by atoms with van der Waals surface area (Å²) in [4.78, 5) is 0. The highest BCUT2D eigenvalue weighted by Crippen LogP contribution is 2.13. The molecule has 0 saturated heterocycles. The Morgan fingerprint density at radius 1 is 1.20 bits per heavy atom. The Labute approximate surface area is 92.2 Å². The lowest BCUT2D eigenvalue weighted by Gasteiger charge is -2.13. The molecular formula is C14H19N. The molecule has 1 aliphatic rings. The molecule has 0 aromatic heterocycles. The highest BCUT2D eigenvalue weighted by Gasteiger charge is 2.09. The molecule has 0 saturated carbocycles. The zero-order valence-electron chi connectivity index (χ0n) is 9.59. The minimum atomic E-state index is 0.657. The van der Waals surface area contributed by atoms with E-state index in [9.17, 15) is 0 Å². The van der Waals surface area contributed by atoms with Gasteiger partial charge in [0, 0.05) is 12.6 Å². The predicted molar refractivity (Wildman–Crippen MR) is 64.9 cm³/mol. The Balaban J connectivity index is 1.95. The van der Waals surface area contributed by atoms with Gasteiger partial charge < -0.3 is 5.32 Å². The van der Waals surface area contributed by atoms with Gasteiger partial charge in [0.05, 0.1) is 0 Å². The quantitative estimate of drug-likeness (QED) is 0.741. The van der Waals surface area contributed by atoms with Crippen LogP contribution < -0.4 is 5.32 Å². The van der Waals surface area contributed by atoms with Crippen molar-refractivity contribution in [2.24, 2.45) is 0 Å². The number of benzene rings is 1. The molecule has 0 bridgehead atoms. The fraction of sp³-hybridized carbons (Fsp3) is 0.429. The van der Waals surface area contributed by atoms with Crippen molar-refractivity contribution in [3.05, 3.63) is 47.0 Å². The lowest BCUT2D eigenvalue weighted by molar-refractivity contribution is 0.537. The zero-order valence-corrected chi connectivity index (χ0v) is 9.59. The van der Waals surface area contributed by atoms with Crippen molar-refractivity contribution < 1.29 is 0 Å². The van der Waals surface area contributed by atoms with Gasteiger partial charge in [-0.2, -0.15) is 0 Å². The van der Waals surface area contributed by atoms with Crippen LogP contribution in [0.4, 0.5) is 0 Å². The van der Waals surface area contributed by atoms with Crippen molar-refractivity contribution in [3.8, 4) is 0 Å². The van der Waals surface area contributed by atoms with Gasteiger partial charge in [-0.3, -0.25) is 0 Å². The molecule has 1 aromatic rings. The number of rotatable bonds is 3. The molecule has 1 nitrogen and oxygen atoms in total. The van der Waals surface area contributed by atoms with Gasteiger partial charge in [-0.1, -0.05) is 35.9 Å². The molecule has 80 valence electrons. The van der Waals surface area contributed by atoms with Gasteiger partial charge >= 0.3 is 0 Å². The molecule has 1 aliphatic carbocycles. The van der Waals surface area contributed by atoms with Crippen LogP contribution in [0.5, 0.6) is 0 Å². The van der Waals surface area contributed by atoms with E-state index in [0.29, 0.717) is 6.04 Å². The average Bonchev–Trinajstić information content (AvgIpc) is 2.72. The molecule has 1 aromatic carbocycles. The van der Waals surface area contributed by atoms with E-state index in [1.54, 1.807) is 0 Å². The summed E-state index contributed by atoms with van der Waals surface area (Å²) >= 11 is 0. The number of nitrogens with one attached hydrogen (secondary N) is 1. The Hall–Kier alpha value is -1.08. The molecule has 0 radical (unpaired) electrons. The first kappa shape index (κ1) is 10.4. The van der Waals surface area contributed by atoms with Crippen LogP contribution in [0.15, 0.2) is 30.4 Å². The standard InChI is InChI=1S/C14H19N/c1-11-7-8-12(2)13(9-11)10-15-14-5-3-4-6-14/h3-4,7-9,14-15H,5-6,10H2,1-2H3. The highest BCUT2D eigenvalue weighted by molar-refractivity contribution is 5.30. The summed E-state index contributed by atoms with van der Waals surface area (Å²) in [6, 6.07) is 7.32. The van der Waals surface area contributed by atoms with Gasteiger partial charge in [-0.15, -0.1) is 0 Å². The Bertz CT molecular complexity index is 358. The fourth-order valence-corrected chi connectivity index (χ4v) is 2.03. The Morgan fingerprint density at radius 2 is 1.93 bits per heavy atom. The summed E-state index contributed by atoms with van der Waals surface area (Å²) in [5.74, 6) is 0. The first-order valence-electron chi connectivity index (χ1n) is 5.70. The third kappa shape index (κ3) is 2.69. The molecule has 2 rings (SSSR count). The zero-order chi connectivity index (χ0) is 10.7. The molecule has 0 fully saturated rings. The highest BCUT2D eigenvalue weighted by atomic mass is 14.9. The van der Waals surface area contributed by atoms with Crippen molar-refractivity contribution >= 4 is 0 Å². The maximum absolute atomic E-state index is 3.60. The van der Waals surface area contributed by atoms with Crippen molar-refractivity contribution in [3.63, 3.8) is 0 Å². The summed E-state index contributed by atoms with van der Waals surface area (Å²) in [5, 5.41) is 3.60. The van der Waals surface area contributed by atoms with Crippen LogP contribution in [-0.2, 0) is 6.54 Å². The van der Waals surface area contributed by atoms with Crippen LogP contribution in [0, 0.1) is 13.8 Å². The summed E-state index contributed by atoms with van der Waals surface area (Å²) in [7, 11) is 0. The molecule has 0 atom stereocenters. The Morgan fingerprint density at radius 3 is 2.67 bits per heavy atom. The van der Waals surface area contributed by atoms with Gasteiger partial charge in [-0.05, 0) is 37.8 Å². The summed E-state index contributed by atoms with van der Waals surface area (Å²) in [6.07, 6.45) is 6.90. The minimum absolute atomic E-state index is 0.657. The predicted octanol–water partition coefficient (Wildman–Crippen LogP) is 3.11. The number of aryl methyl sites for hydroxylation is 2. The van der Waals surface area contributed by atoms with Crippen molar-refractivity contribution in [1.29, 1.82) is 0 Å². The van der Waals surface area contributed by atoms with Gasteiger partial charge in [-0.25, -0.2) is 0 Å². The van der Waals surface area contributed by atoms with E-state index in [1.165, 1.54) is 29.5 Å². The maximum Gasteiger partial charge on any atom is 0.0211 e. The first-order valence-corrected chi connectivity index (χ1v) is 5.70. The van der Waals surface area contributed by atoms with Crippen LogP contribution in [0.2, 0.25) is 0 Å². The second-order valence-corrected chi connectivity index (χ2v) is 4.45. The topological polar surface area (TPSA) is 12.0 Å². The average molecular weight is 201 g/mol. The van der Waals surface area contributed by atoms with E-state index >= 15 is 0 Å². The van der Waals surface area contributed by atoms with Crippen molar-refractivity contribution in [1.82, 2.24) is 5.32 Å². The first-order chi connectivity index (χ1) is 7.25. The molecule has 15 heavy (non-hydrogen) atoms. The number of hydrogen-bond acceptors (Lipinski definition) is 1. The van der Waals surface area contributed by atoms with E-state index in [0.717, 1.165) is 6.54 Å². The molecule has 0 amide bonds. The van der Waals surface area contributed by atoms with E-state index in [4.69, 9.17) is 0 Å². The van der Waals surface area contributed by atoms with Crippen LogP contribution in [0.3, 0.4) is 0 Å². The molecule has 0 spiro atoms. The molecular weight excluding hydrogens is 182 g/mol. The maximum atomic E-state index is 3.60. The lowest BCUT2D eigenvalue weighted by Crippen LogP contribution is -2.25. The summed E-state index contributed by atoms with van der Waals surface area (Å²) in [5.41, 5.74) is 4.17. The van der Waals surface area contributed by atoms with E-state index < -0.39 is 0 Å². The second kappa shape index (κ2) is 4.63. The third-order valence-electron chi connectivity index (χ3n) is 3.09. The SMILES string of the molecule is Cc1ccc(C)c(CNC2CC=CC2)c1. The van der Waals surface area contributed by atoms with Crippen LogP contribution in [0.1, 0.15) is 29.5 Å². The molecule has 0 unspecified atom stereocenters. The third-order valence-corrected chi connectivity index (χ3v) is 3.09. The normalized spacial score (nSPS) is 16.1. The van der Waals surface area contributed by atoms with Gasteiger partial charge in [0.15, 0.2) is 0 Å². The van der Waals surface area contributed by atoms with Gasteiger partial charge in [0.1, 0.15) is 0 Å². The molecule has 0 aliphatic heterocycles. The second-order valence-electron chi connectivity index (χ2n) is 4.45. The van der Waals surface area contributed by atoms with Crippen molar-refractivity contribution in [2.75, 3.05) is 0 Å². The smallest absolute Gasteiger partial charge is 0.0211 e. The van der Waals surface area contributed by atoms with Crippen LogP contribution in [-0.4, -0.2) is 6.04 Å². The van der Waals surface area contributed by atoms with Crippen LogP contribution >= 0.6 is 0 Å². The van der Waals surface area contributed by atoms with E-state index in [-0.39, 0.29) is 0 Å². The summed E-state index contributed by atoms with van der Waals surface area (Å²) in [6.45, 7) is 5.34. The summed E-state index contributed by atoms with van der Waals surface area (Å²) < 4.78 is 0. The molecule has 1 N–H and O–H groups in total. The van der Waals surface area contributed by atoms with Crippen LogP contribution in [0.25, 0.3) is 0 Å². The largest absolute Gasteiger partial charge is 0.309 e. The minimum Gasteiger partial charge on any atom is -0.309 e. The van der Waals surface area contributed by atoms with Gasteiger partial charge in [0.2, 0.25) is 0 Å². The molecule has 1 heteroatoms. The lowest BCUT2D eigenvalue weighted by atomic mass is 10.1. The van der Waals surface area contributed by atoms with E-state index in [2.05, 4.69) is 49.5 Å². The van der Waals surface area contributed by atoms with Crippen molar-refractivity contribution in [2.45, 2.75) is 39.3 Å². The Kier molecular flexibility index (Phi) is 3.22. The van der Waals surface area contributed by atoms with E-state index in [1.807, 2.05) is 0 Å². The monoisotopic (exact) mass is 201 g/mol. The van der Waals surface area contributed by atoms with Gasteiger partial charge in [0.25, 0.3) is 0 Å². The fourth-order valence-electron chi connectivity index (χ4n) is 2.03.